The van der Waals surface area contributed by atoms with Crippen molar-refractivity contribution in [2.24, 2.45) is 5.41 Å². The van der Waals surface area contributed by atoms with Crippen LogP contribution in [0.1, 0.15) is 37.8 Å². The zero-order valence-electron chi connectivity index (χ0n) is 20.0. The number of ether oxygens (including phenoxy) is 1. The van der Waals surface area contributed by atoms with E-state index < -0.39 is 11.4 Å². The fourth-order valence-corrected chi connectivity index (χ4v) is 3.59. The fourth-order valence-electron chi connectivity index (χ4n) is 3.59. The summed E-state index contributed by atoms with van der Waals surface area (Å²) in [5.74, 6) is 0.820. The summed E-state index contributed by atoms with van der Waals surface area (Å²) < 4.78 is 6.16. The predicted octanol–water partition coefficient (Wildman–Crippen LogP) is 4.49. The Labute approximate surface area is 205 Å². The highest BCUT2D eigenvalue weighted by atomic mass is 16.5. The number of nitrogens with one attached hydrogen (secondary N) is 2. The zero-order chi connectivity index (χ0) is 24.8. The molecule has 1 heterocycles. The standard InChI is InChI=1S/C28H30N4O3/c1-28(2,27(33)34)17-19-7-6-10-22(15-19)32-25-16-23(13-14-30-25)35-24(18-31-21-11-12-21)26(29)20-8-4-3-5-9-20/h3-10,13-16,18,21,29,31H,11-12,17H2,1-2H3,(H,30,32)(H,33,34)/p+1/b24-18+,29-26?. The number of rotatable bonds is 11. The second-order valence-electron chi connectivity index (χ2n) is 9.47. The van der Waals surface area contributed by atoms with Gasteiger partial charge in [-0.15, -0.1) is 0 Å². The molecule has 0 radical (unpaired) electrons. The number of hydrogen-bond donors (Lipinski definition) is 4. The van der Waals surface area contributed by atoms with Crippen molar-refractivity contribution in [3.8, 4) is 5.75 Å². The number of pyridine rings is 1. The van der Waals surface area contributed by atoms with Crippen molar-refractivity contribution in [1.29, 1.82) is 5.41 Å². The Morgan fingerprint density at radius 2 is 1.94 bits per heavy atom. The first-order valence-corrected chi connectivity index (χ1v) is 11.7. The van der Waals surface area contributed by atoms with Gasteiger partial charge in [-0.3, -0.25) is 10.2 Å². The van der Waals surface area contributed by atoms with Gasteiger partial charge in [0.15, 0.2) is 0 Å². The second-order valence-corrected chi connectivity index (χ2v) is 9.47. The number of quaternary nitrogens is 1. The average molecular weight is 472 g/mol. The number of hydrogen-bond acceptors (Lipinski definition) is 5. The van der Waals surface area contributed by atoms with E-state index in [1.165, 1.54) is 12.8 Å². The van der Waals surface area contributed by atoms with E-state index in [4.69, 9.17) is 10.1 Å². The summed E-state index contributed by atoms with van der Waals surface area (Å²) in [4.78, 5) is 15.9. The van der Waals surface area contributed by atoms with Crippen LogP contribution in [0.15, 0.2) is 84.9 Å². The molecule has 0 bridgehead atoms. The SMILES string of the molecule is CC(C)(Cc1cccc(Nc2cc(O/C(=C/[NH2+]C3CC3)C(=N)c3ccccc3)ccn2)c1)C(=O)O. The summed E-state index contributed by atoms with van der Waals surface area (Å²) in [6.45, 7) is 3.44. The van der Waals surface area contributed by atoms with Gasteiger partial charge in [0.25, 0.3) is 0 Å². The molecule has 35 heavy (non-hydrogen) atoms. The van der Waals surface area contributed by atoms with Gasteiger partial charge >= 0.3 is 5.97 Å². The number of anilines is 2. The minimum Gasteiger partial charge on any atom is -0.481 e. The first kappa shape index (κ1) is 24.2. The van der Waals surface area contributed by atoms with Crippen LogP contribution >= 0.6 is 0 Å². The molecule has 7 nitrogen and oxygen atoms in total. The monoisotopic (exact) mass is 471 g/mol. The second kappa shape index (κ2) is 10.5. The number of aromatic nitrogens is 1. The van der Waals surface area contributed by atoms with Crippen molar-refractivity contribution in [2.45, 2.75) is 39.2 Å². The molecular formula is C28H31N4O3+. The summed E-state index contributed by atoms with van der Waals surface area (Å²) in [5, 5.41) is 23.5. The van der Waals surface area contributed by atoms with Gasteiger partial charge in [-0.25, -0.2) is 4.98 Å². The molecule has 5 N–H and O–H groups in total. The summed E-state index contributed by atoms with van der Waals surface area (Å²) in [6.07, 6.45) is 6.32. The lowest BCUT2D eigenvalue weighted by Crippen LogP contribution is -2.80. The van der Waals surface area contributed by atoms with Gasteiger partial charge < -0.3 is 20.5 Å². The van der Waals surface area contributed by atoms with E-state index in [-0.39, 0.29) is 0 Å². The molecule has 1 fully saturated rings. The number of carboxylic acid groups (broad SMARTS) is 1. The number of carbonyl (C=O) groups is 1. The van der Waals surface area contributed by atoms with Gasteiger partial charge in [0, 0.05) is 36.4 Å². The Morgan fingerprint density at radius 3 is 2.66 bits per heavy atom. The Hall–Kier alpha value is -3.97. The minimum absolute atomic E-state index is 0.322. The minimum atomic E-state index is -0.853. The van der Waals surface area contributed by atoms with Crippen LogP contribution in [0.3, 0.4) is 0 Å². The van der Waals surface area contributed by atoms with E-state index in [0.29, 0.717) is 35.5 Å². The molecule has 1 saturated carbocycles. The zero-order valence-corrected chi connectivity index (χ0v) is 20.0. The van der Waals surface area contributed by atoms with Gasteiger partial charge in [0.1, 0.15) is 23.5 Å². The normalized spacial score (nSPS) is 13.8. The third-order valence-electron chi connectivity index (χ3n) is 5.83. The average Bonchev–Trinajstić information content (AvgIpc) is 3.66. The summed E-state index contributed by atoms with van der Waals surface area (Å²) >= 11 is 0. The number of benzene rings is 2. The van der Waals surface area contributed by atoms with Crippen molar-refractivity contribution < 1.29 is 20.0 Å². The van der Waals surface area contributed by atoms with E-state index in [1.54, 1.807) is 32.2 Å². The number of allylic oxidation sites excluding steroid dienone is 1. The van der Waals surface area contributed by atoms with Crippen molar-refractivity contribution in [3.63, 3.8) is 0 Å². The molecule has 7 heteroatoms. The van der Waals surface area contributed by atoms with Crippen molar-refractivity contribution in [3.05, 3.63) is 96.0 Å². The van der Waals surface area contributed by atoms with Crippen LogP contribution in [0.25, 0.3) is 0 Å². The van der Waals surface area contributed by atoms with E-state index in [2.05, 4.69) is 15.6 Å². The number of aliphatic carboxylic acids is 1. The molecule has 0 atom stereocenters. The van der Waals surface area contributed by atoms with Crippen molar-refractivity contribution in [2.75, 3.05) is 5.32 Å². The largest absolute Gasteiger partial charge is 0.481 e. The Kier molecular flexibility index (Phi) is 7.27. The van der Waals surface area contributed by atoms with E-state index in [1.807, 2.05) is 60.8 Å². The summed E-state index contributed by atoms with van der Waals surface area (Å²) in [7, 11) is 0. The van der Waals surface area contributed by atoms with Gasteiger partial charge in [-0.2, -0.15) is 0 Å². The van der Waals surface area contributed by atoms with Crippen LogP contribution in [-0.2, 0) is 11.2 Å². The molecular weight excluding hydrogens is 440 g/mol. The molecule has 3 aromatic rings. The van der Waals surface area contributed by atoms with Crippen LogP contribution in [0.2, 0.25) is 0 Å². The molecule has 0 unspecified atom stereocenters. The van der Waals surface area contributed by atoms with Crippen LogP contribution in [0.5, 0.6) is 5.75 Å². The van der Waals surface area contributed by atoms with Crippen LogP contribution in [0.4, 0.5) is 11.5 Å². The van der Waals surface area contributed by atoms with Crippen LogP contribution in [-0.4, -0.2) is 27.8 Å². The Bertz CT molecular complexity index is 1230. The maximum absolute atomic E-state index is 11.5. The first-order chi connectivity index (χ1) is 16.8. The lowest BCUT2D eigenvalue weighted by Gasteiger charge is -2.19. The molecule has 4 rings (SSSR count). The molecule has 180 valence electrons. The number of carboxylic acids is 1. The van der Waals surface area contributed by atoms with Gasteiger partial charge in [-0.1, -0.05) is 42.5 Å². The van der Waals surface area contributed by atoms with E-state index >= 15 is 0 Å². The lowest BCUT2D eigenvalue weighted by molar-refractivity contribution is -0.603. The highest BCUT2D eigenvalue weighted by Gasteiger charge is 2.27. The van der Waals surface area contributed by atoms with Crippen molar-refractivity contribution >= 4 is 23.2 Å². The summed E-state index contributed by atoms with van der Waals surface area (Å²) in [5.41, 5.74) is 1.99. The topological polar surface area (TPSA) is 112 Å². The van der Waals surface area contributed by atoms with E-state index in [0.717, 1.165) is 16.8 Å². The van der Waals surface area contributed by atoms with Crippen LogP contribution < -0.4 is 15.4 Å². The molecule has 0 spiro atoms. The van der Waals surface area contributed by atoms with Gasteiger partial charge in [0.2, 0.25) is 5.76 Å². The molecule has 2 aromatic carbocycles. The van der Waals surface area contributed by atoms with Crippen molar-refractivity contribution in [1.82, 2.24) is 4.98 Å². The Balaban J connectivity index is 1.50. The number of nitrogens with two attached hydrogens (primary N) is 1. The third-order valence-corrected chi connectivity index (χ3v) is 5.83. The molecule has 1 aliphatic rings. The van der Waals surface area contributed by atoms with Gasteiger partial charge in [-0.05, 0) is 44.0 Å². The smallest absolute Gasteiger partial charge is 0.309 e. The molecule has 0 amide bonds. The number of nitrogens with zero attached hydrogens (tertiary/aromatic N) is 1. The highest BCUT2D eigenvalue weighted by molar-refractivity contribution is 6.09. The van der Waals surface area contributed by atoms with Crippen LogP contribution in [0, 0.1) is 10.8 Å². The predicted molar refractivity (Wildman–Crippen MR) is 136 cm³/mol. The molecule has 0 aliphatic heterocycles. The highest BCUT2D eigenvalue weighted by Crippen LogP contribution is 2.26. The lowest BCUT2D eigenvalue weighted by atomic mass is 9.86. The quantitative estimate of drug-likeness (QED) is 0.243. The Morgan fingerprint density at radius 1 is 1.17 bits per heavy atom. The van der Waals surface area contributed by atoms with E-state index in [9.17, 15) is 9.90 Å². The third kappa shape index (κ3) is 6.77. The molecule has 0 saturated heterocycles. The fraction of sp³-hybridized carbons (Fsp3) is 0.250. The first-order valence-electron chi connectivity index (χ1n) is 11.7. The van der Waals surface area contributed by atoms with Gasteiger partial charge in [0.05, 0.1) is 11.5 Å². The summed E-state index contributed by atoms with van der Waals surface area (Å²) in [6, 6.07) is 21.3. The molecule has 1 aromatic heterocycles. The molecule has 1 aliphatic carbocycles. The maximum atomic E-state index is 11.5. The maximum Gasteiger partial charge on any atom is 0.309 e.